The lowest BCUT2D eigenvalue weighted by Crippen LogP contribution is -2.55. The van der Waals surface area contributed by atoms with Crippen molar-refractivity contribution in [3.8, 4) is 0 Å². The number of piperazine rings is 1. The van der Waals surface area contributed by atoms with Gasteiger partial charge in [0, 0.05) is 44.3 Å². The van der Waals surface area contributed by atoms with Crippen LogP contribution >= 0.6 is 0 Å². The number of pyridine rings is 1. The maximum atomic E-state index is 13.2. The number of nitrogens with zero attached hydrogens (tertiary/aromatic N) is 3. The Kier molecular flexibility index (Phi) is 7.10. The minimum Gasteiger partial charge on any atom is -0.368 e. The van der Waals surface area contributed by atoms with Gasteiger partial charge >= 0.3 is 0 Å². The Morgan fingerprint density at radius 3 is 2.20 bits per heavy atom. The first-order valence-corrected chi connectivity index (χ1v) is 11.8. The molecule has 0 spiro atoms. The number of rotatable bonds is 7. The quantitative estimate of drug-likeness (QED) is 0.730. The van der Waals surface area contributed by atoms with Crippen LogP contribution in [0.5, 0.6) is 0 Å². The molecule has 30 heavy (non-hydrogen) atoms. The Morgan fingerprint density at radius 1 is 1.03 bits per heavy atom. The van der Waals surface area contributed by atoms with Gasteiger partial charge < -0.3 is 9.80 Å². The van der Waals surface area contributed by atoms with Crippen LogP contribution in [0.2, 0.25) is 0 Å². The molecule has 1 atom stereocenters. The Balaban J connectivity index is 1.69. The highest BCUT2D eigenvalue weighted by molar-refractivity contribution is 7.89. The molecule has 1 N–H and O–H groups in total. The highest BCUT2D eigenvalue weighted by Gasteiger charge is 2.31. The third-order valence-corrected chi connectivity index (χ3v) is 6.74. The number of anilines is 1. The van der Waals surface area contributed by atoms with E-state index in [1.165, 1.54) is 0 Å². The lowest BCUT2D eigenvalue weighted by atomic mass is 10.0. The minimum atomic E-state index is -3.77. The summed E-state index contributed by atoms with van der Waals surface area (Å²) >= 11 is 0. The van der Waals surface area contributed by atoms with Crippen LogP contribution in [-0.2, 0) is 14.8 Å². The summed E-state index contributed by atoms with van der Waals surface area (Å²) in [6.07, 6.45) is 3.96. The SMILES string of the molecule is Cc1ccc(S(=O)(=O)NC(CC(C)C)C(=O)N2CCN(c3ccncc3)CC2)cc1. The molecule has 0 saturated carbocycles. The number of carbonyl (C=O) groups is 1. The molecule has 0 bridgehead atoms. The molecule has 0 aliphatic carbocycles. The molecule has 7 nitrogen and oxygen atoms in total. The minimum absolute atomic E-state index is 0.159. The van der Waals surface area contributed by atoms with Crippen molar-refractivity contribution in [2.75, 3.05) is 31.1 Å². The van der Waals surface area contributed by atoms with E-state index in [1.807, 2.05) is 32.9 Å². The molecule has 8 heteroatoms. The maximum absolute atomic E-state index is 13.2. The van der Waals surface area contributed by atoms with Crippen LogP contribution in [0.3, 0.4) is 0 Å². The number of nitrogens with one attached hydrogen (secondary N) is 1. The van der Waals surface area contributed by atoms with Gasteiger partial charge in [-0.1, -0.05) is 31.5 Å². The van der Waals surface area contributed by atoms with E-state index in [4.69, 9.17) is 0 Å². The summed E-state index contributed by atoms with van der Waals surface area (Å²) < 4.78 is 28.4. The van der Waals surface area contributed by atoms with Gasteiger partial charge in [0.05, 0.1) is 4.90 Å². The molecule has 2 aromatic rings. The van der Waals surface area contributed by atoms with Gasteiger partial charge in [-0.2, -0.15) is 4.72 Å². The number of carbonyl (C=O) groups excluding carboxylic acids is 1. The largest absolute Gasteiger partial charge is 0.368 e. The molecular weight excluding hydrogens is 400 g/mol. The summed E-state index contributed by atoms with van der Waals surface area (Å²) in [5.74, 6) is 0.0199. The number of hydrogen-bond acceptors (Lipinski definition) is 5. The van der Waals surface area contributed by atoms with Gasteiger partial charge in [-0.3, -0.25) is 9.78 Å². The van der Waals surface area contributed by atoms with Crippen LogP contribution in [0.25, 0.3) is 0 Å². The van der Waals surface area contributed by atoms with E-state index < -0.39 is 16.1 Å². The van der Waals surface area contributed by atoms with Crippen molar-refractivity contribution in [3.63, 3.8) is 0 Å². The van der Waals surface area contributed by atoms with Crippen LogP contribution < -0.4 is 9.62 Å². The third kappa shape index (κ3) is 5.58. The fourth-order valence-corrected chi connectivity index (χ4v) is 4.81. The molecular formula is C22H30N4O3S. The molecule has 1 fully saturated rings. The van der Waals surface area contributed by atoms with Crippen molar-refractivity contribution < 1.29 is 13.2 Å². The van der Waals surface area contributed by atoms with E-state index >= 15 is 0 Å². The lowest BCUT2D eigenvalue weighted by Gasteiger charge is -2.37. The van der Waals surface area contributed by atoms with E-state index in [-0.39, 0.29) is 16.7 Å². The van der Waals surface area contributed by atoms with Gasteiger partial charge in [0.1, 0.15) is 6.04 Å². The zero-order chi connectivity index (χ0) is 21.7. The predicted octanol–water partition coefficient (Wildman–Crippen LogP) is 2.43. The van der Waals surface area contributed by atoms with Gasteiger partial charge in [-0.15, -0.1) is 0 Å². The average molecular weight is 431 g/mol. The summed E-state index contributed by atoms with van der Waals surface area (Å²) in [6.45, 7) is 8.40. The van der Waals surface area contributed by atoms with E-state index in [0.29, 0.717) is 32.6 Å². The van der Waals surface area contributed by atoms with E-state index in [0.717, 1.165) is 11.3 Å². The fourth-order valence-electron chi connectivity index (χ4n) is 3.60. The fraction of sp³-hybridized carbons (Fsp3) is 0.455. The summed E-state index contributed by atoms with van der Waals surface area (Å²) in [4.78, 5) is 21.4. The molecule has 1 amide bonds. The first kappa shape index (κ1) is 22.2. The molecule has 1 aliphatic heterocycles. The zero-order valence-corrected chi connectivity index (χ0v) is 18.6. The molecule has 3 rings (SSSR count). The van der Waals surface area contributed by atoms with Crippen molar-refractivity contribution in [3.05, 3.63) is 54.4 Å². The number of hydrogen-bond donors (Lipinski definition) is 1. The van der Waals surface area contributed by atoms with Crippen molar-refractivity contribution in [1.29, 1.82) is 0 Å². The second-order valence-electron chi connectivity index (χ2n) is 8.13. The number of benzene rings is 1. The van der Waals surface area contributed by atoms with Crippen molar-refractivity contribution in [1.82, 2.24) is 14.6 Å². The average Bonchev–Trinajstić information content (AvgIpc) is 2.73. The van der Waals surface area contributed by atoms with Crippen molar-refractivity contribution >= 4 is 21.6 Å². The summed E-state index contributed by atoms with van der Waals surface area (Å²) in [5.41, 5.74) is 2.06. The second kappa shape index (κ2) is 9.57. The molecule has 1 unspecified atom stereocenters. The number of aryl methyl sites for hydroxylation is 1. The number of amides is 1. The smallest absolute Gasteiger partial charge is 0.241 e. The summed E-state index contributed by atoms with van der Waals surface area (Å²) in [7, 11) is -3.77. The lowest BCUT2D eigenvalue weighted by molar-refractivity contribution is -0.133. The Bertz CT molecular complexity index is 938. The predicted molar refractivity (Wildman–Crippen MR) is 118 cm³/mol. The van der Waals surface area contributed by atoms with Crippen molar-refractivity contribution in [2.45, 2.75) is 38.1 Å². The summed E-state index contributed by atoms with van der Waals surface area (Å²) in [6, 6.07) is 9.79. The molecule has 1 aromatic heterocycles. The standard InChI is InChI=1S/C22H30N4O3S/c1-17(2)16-21(24-30(28,29)20-6-4-18(3)5-7-20)22(27)26-14-12-25(13-15-26)19-8-10-23-11-9-19/h4-11,17,21,24H,12-16H2,1-3H3. The normalized spacial score (nSPS) is 16.0. The second-order valence-corrected chi connectivity index (χ2v) is 9.85. The molecule has 1 aromatic carbocycles. The van der Waals surface area contributed by atoms with Crippen molar-refractivity contribution in [2.24, 2.45) is 5.92 Å². The van der Waals surface area contributed by atoms with Gasteiger partial charge in [0.25, 0.3) is 0 Å². The molecule has 2 heterocycles. The molecule has 162 valence electrons. The molecule has 1 saturated heterocycles. The van der Waals surface area contributed by atoms with Crippen LogP contribution in [0, 0.1) is 12.8 Å². The van der Waals surface area contributed by atoms with E-state index in [2.05, 4.69) is 14.6 Å². The van der Waals surface area contributed by atoms with E-state index in [1.54, 1.807) is 41.6 Å². The van der Waals surface area contributed by atoms with Gasteiger partial charge in [0.15, 0.2) is 0 Å². The van der Waals surface area contributed by atoms with E-state index in [9.17, 15) is 13.2 Å². The highest BCUT2D eigenvalue weighted by Crippen LogP contribution is 2.18. The van der Waals surface area contributed by atoms with Crippen LogP contribution in [0.15, 0.2) is 53.7 Å². The monoisotopic (exact) mass is 430 g/mol. The Hall–Kier alpha value is -2.45. The number of aromatic nitrogens is 1. The molecule has 1 aliphatic rings. The first-order chi connectivity index (χ1) is 14.3. The first-order valence-electron chi connectivity index (χ1n) is 10.3. The molecule has 0 radical (unpaired) electrons. The maximum Gasteiger partial charge on any atom is 0.241 e. The highest BCUT2D eigenvalue weighted by atomic mass is 32.2. The third-order valence-electron chi connectivity index (χ3n) is 5.25. The van der Waals surface area contributed by atoms with Gasteiger partial charge in [-0.05, 0) is 43.5 Å². The van der Waals surface area contributed by atoms with Crippen LogP contribution in [0.1, 0.15) is 25.8 Å². The van der Waals surface area contributed by atoms with Crippen LogP contribution in [0.4, 0.5) is 5.69 Å². The number of sulfonamides is 1. The topological polar surface area (TPSA) is 82.6 Å². The Labute approximate surface area is 179 Å². The summed E-state index contributed by atoms with van der Waals surface area (Å²) in [5, 5.41) is 0. The zero-order valence-electron chi connectivity index (χ0n) is 17.8. The van der Waals surface area contributed by atoms with Gasteiger partial charge in [-0.25, -0.2) is 8.42 Å². The van der Waals surface area contributed by atoms with Gasteiger partial charge in [0.2, 0.25) is 15.9 Å². The van der Waals surface area contributed by atoms with Crippen LogP contribution in [-0.4, -0.2) is 56.4 Å². The Morgan fingerprint density at radius 2 is 1.63 bits per heavy atom.